The summed E-state index contributed by atoms with van der Waals surface area (Å²) < 4.78 is 7.64. The number of hydrogen-bond acceptors (Lipinski definition) is 4. The second-order valence-corrected chi connectivity index (χ2v) is 7.63. The zero-order valence-electron chi connectivity index (χ0n) is 17.1. The molecule has 5 nitrogen and oxygen atoms in total. The highest BCUT2D eigenvalue weighted by Gasteiger charge is 2.20. The predicted molar refractivity (Wildman–Crippen MR) is 114 cm³/mol. The molecule has 1 N–H and O–H groups in total. The molecule has 0 aliphatic carbocycles. The molecule has 1 aliphatic heterocycles. The minimum Gasteiger partial charge on any atom is -0.464 e. The van der Waals surface area contributed by atoms with E-state index in [1.807, 2.05) is 12.1 Å². The van der Waals surface area contributed by atoms with Crippen LogP contribution in [0, 0.1) is 13.8 Å². The van der Waals surface area contributed by atoms with E-state index >= 15 is 0 Å². The summed E-state index contributed by atoms with van der Waals surface area (Å²) in [5.41, 5.74) is 6.22. The van der Waals surface area contributed by atoms with Gasteiger partial charge in [-0.25, -0.2) is 0 Å². The molecule has 3 heterocycles. The third kappa shape index (κ3) is 3.85. The van der Waals surface area contributed by atoms with Crippen LogP contribution in [-0.2, 0) is 13.1 Å². The Morgan fingerprint density at radius 2 is 1.96 bits per heavy atom. The van der Waals surface area contributed by atoms with Gasteiger partial charge in [0.2, 0.25) is 0 Å². The summed E-state index contributed by atoms with van der Waals surface area (Å²) in [6.07, 6.45) is 4.04. The van der Waals surface area contributed by atoms with Crippen molar-refractivity contribution in [1.82, 2.24) is 15.1 Å². The van der Waals surface area contributed by atoms with Gasteiger partial charge in [-0.1, -0.05) is 12.1 Å². The van der Waals surface area contributed by atoms with Crippen molar-refractivity contribution < 1.29 is 4.42 Å². The Bertz CT molecular complexity index is 905. The van der Waals surface area contributed by atoms with Gasteiger partial charge < -0.3 is 14.6 Å². The summed E-state index contributed by atoms with van der Waals surface area (Å²) in [5.74, 6) is 0.928. The topological polar surface area (TPSA) is 46.2 Å². The molecular formula is C23H30N4O. The lowest BCUT2D eigenvalue weighted by Gasteiger charge is -2.34. The molecule has 0 bridgehead atoms. The van der Waals surface area contributed by atoms with E-state index < -0.39 is 0 Å². The molecule has 0 unspecified atom stereocenters. The number of furan rings is 1. The number of nitrogens with zero attached hydrogens (tertiary/aromatic N) is 3. The summed E-state index contributed by atoms with van der Waals surface area (Å²) in [7, 11) is 0. The van der Waals surface area contributed by atoms with Crippen molar-refractivity contribution in [3.63, 3.8) is 0 Å². The van der Waals surface area contributed by atoms with Crippen LogP contribution in [0.4, 0.5) is 5.69 Å². The van der Waals surface area contributed by atoms with E-state index in [9.17, 15) is 0 Å². The molecule has 4 rings (SSSR count). The first-order valence-corrected chi connectivity index (χ1v) is 10.3. The van der Waals surface area contributed by atoms with E-state index in [-0.39, 0.29) is 0 Å². The van der Waals surface area contributed by atoms with Crippen LogP contribution in [0.5, 0.6) is 0 Å². The van der Waals surface area contributed by atoms with Crippen LogP contribution < -0.4 is 10.2 Å². The van der Waals surface area contributed by atoms with Gasteiger partial charge in [-0.15, -0.1) is 0 Å². The van der Waals surface area contributed by atoms with Crippen molar-refractivity contribution in [2.45, 2.75) is 52.7 Å². The zero-order valence-corrected chi connectivity index (χ0v) is 17.1. The number of hydrogen-bond donors (Lipinski definition) is 1. The molecule has 1 aromatic carbocycles. The molecule has 1 fully saturated rings. The Hall–Kier alpha value is -2.53. The molecule has 0 atom stereocenters. The minimum absolute atomic E-state index is 0.563. The molecule has 2 aromatic heterocycles. The van der Waals surface area contributed by atoms with Crippen LogP contribution in [0.15, 0.2) is 47.1 Å². The Kier molecular flexibility index (Phi) is 5.53. The van der Waals surface area contributed by atoms with Crippen LogP contribution in [-0.4, -0.2) is 28.9 Å². The molecule has 148 valence electrons. The highest BCUT2D eigenvalue weighted by atomic mass is 16.3. The van der Waals surface area contributed by atoms with Crippen LogP contribution in [0.25, 0.3) is 11.3 Å². The van der Waals surface area contributed by atoms with E-state index in [0.717, 1.165) is 56.0 Å². The third-order valence-electron chi connectivity index (χ3n) is 5.91. The average molecular weight is 379 g/mol. The van der Waals surface area contributed by atoms with Gasteiger partial charge in [0.15, 0.2) is 0 Å². The van der Waals surface area contributed by atoms with Gasteiger partial charge in [0.25, 0.3) is 0 Å². The number of nitrogens with one attached hydrogen (secondary N) is 1. The van der Waals surface area contributed by atoms with Crippen LogP contribution >= 0.6 is 0 Å². The van der Waals surface area contributed by atoms with E-state index in [4.69, 9.17) is 4.42 Å². The van der Waals surface area contributed by atoms with Crippen molar-refractivity contribution in [3.05, 3.63) is 59.6 Å². The van der Waals surface area contributed by atoms with Crippen molar-refractivity contribution in [1.29, 1.82) is 0 Å². The quantitative estimate of drug-likeness (QED) is 0.684. The molecule has 0 amide bonds. The molecule has 3 aromatic rings. The highest BCUT2D eigenvalue weighted by molar-refractivity contribution is 5.64. The number of aromatic nitrogens is 2. The normalized spacial score (nSPS) is 15.3. The molecule has 28 heavy (non-hydrogen) atoms. The first-order chi connectivity index (χ1) is 13.7. The fraction of sp³-hybridized carbons (Fsp3) is 0.435. The second kappa shape index (κ2) is 8.23. The van der Waals surface area contributed by atoms with Crippen molar-refractivity contribution in [2.75, 3.05) is 18.0 Å². The summed E-state index contributed by atoms with van der Waals surface area (Å²) >= 11 is 0. The second-order valence-electron chi connectivity index (χ2n) is 7.63. The first-order valence-electron chi connectivity index (χ1n) is 10.3. The fourth-order valence-corrected chi connectivity index (χ4v) is 4.18. The standard InChI is InChI=1S/C23H30N4O/c1-4-27-18(3)22(17(2)25-27)16-24-20-10-12-26(13-11-20)21-8-5-7-19(15-21)23-9-6-14-28-23/h5-9,14-15,20,24H,4,10-13,16H2,1-3H3. The predicted octanol–water partition coefficient (Wildman–Crippen LogP) is 4.54. The van der Waals surface area contributed by atoms with Gasteiger partial charge in [-0.2, -0.15) is 5.10 Å². The van der Waals surface area contributed by atoms with Crippen LogP contribution in [0.3, 0.4) is 0 Å². The van der Waals surface area contributed by atoms with E-state index in [1.54, 1.807) is 6.26 Å². The van der Waals surface area contributed by atoms with Gasteiger partial charge in [0, 0.05) is 54.7 Å². The zero-order chi connectivity index (χ0) is 19.5. The number of aryl methyl sites for hydroxylation is 2. The maximum atomic E-state index is 5.55. The third-order valence-corrected chi connectivity index (χ3v) is 5.91. The monoisotopic (exact) mass is 378 g/mol. The van der Waals surface area contributed by atoms with Gasteiger partial charge in [0.05, 0.1) is 12.0 Å². The lowest BCUT2D eigenvalue weighted by atomic mass is 10.0. The van der Waals surface area contributed by atoms with Gasteiger partial charge in [-0.05, 0) is 57.9 Å². The number of anilines is 1. The van der Waals surface area contributed by atoms with E-state index in [1.165, 1.54) is 16.9 Å². The molecular weight excluding hydrogens is 348 g/mol. The van der Waals surface area contributed by atoms with Gasteiger partial charge in [0.1, 0.15) is 5.76 Å². The Morgan fingerprint density at radius 1 is 1.14 bits per heavy atom. The summed E-state index contributed by atoms with van der Waals surface area (Å²) in [6, 6.07) is 13.2. The molecule has 1 saturated heterocycles. The largest absolute Gasteiger partial charge is 0.464 e. The maximum absolute atomic E-state index is 5.55. The number of benzene rings is 1. The van der Waals surface area contributed by atoms with Crippen LogP contribution in [0.1, 0.15) is 36.7 Å². The lowest BCUT2D eigenvalue weighted by Crippen LogP contribution is -2.42. The van der Waals surface area contributed by atoms with Crippen LogP contribution in [0.2, 0.25) is 0 Å². The summed E-state index contributed by atoms with van der Waals surface area (Å²) in [6.45, 7) is 10.4. The summed E-state index contributed by atoms with van der Waals surface area (Å²) in [5, 5.41) is 8.40. The number of piperidine rings is 1. The first kappa shape index (κ1) is 18.8. The molecule has 0 saturated carbocycles. The van der Waals surface area contributed by atoms with E-state index in [0.29, 0.717) is 6.04 Å². The van der Waals surface area contributed by atoms with Gasteiger partial charge >= 0.3 is 0 Å². The fourth-order valence-electron chi connectivity index (χ4n) is 4.18. The van der Waals surface area contributed by atoms with E-state index in [2.05, 4.69) is 65.0 Å². The minimum atomic E-state index is 0.563. The smallest absolute Gasteiger partial charge is 0.133 e. The molecule has 5 heteroatoms. The SMILES string of the molecule is CCn1nc(C)c(CNC2CCN(c3cccc(-c4ccco4)c3)CC2)c1C. The van der Waals surface area contributed by atoms with Gasteiger partial charge in [-0.3, -0.25) is 4.68 Å². The number of rotatable bonds is 6. The van der Waals surface area contributed by atoms with Crippen molar-refractivity contribution in [3.8, 4) is 11.3 Å². The highest BCUT2D eigenvalue weighted by Crippen LogP contribution is 2.27. The Balaban J connectivity index is 1.34. The Labute approximate surface area is 167 Å². The van der Waals surface area contributed by atoms with Crippen molar-refractivity contribution >= 4 is 5.69 Å². The molecule has 1 aliphatic rings. The molecule has 0 spiro atoms. The Morgan fingerprint density at radius 3 is 2.64 bits per heavy atom. The van der Waals surface area contributed by atoms with Crippen molar-refractivity contribution in [2.24, 2.45) is 0 Å². The average Bonchev–Trinajstić information content (AvgIpc) is 3.36. The molecule has 0 radical (unpaired) electrons. The maximum Gasteiger partial charge on any atom is 0.133 e. The lowest BCUT2D eigenvalue weighted by molar-refractivity contribution is 0.413. The summed E-state index contributed by atoms with van der Waals surface area (Å²) in [4.78, 5) is 2.48.